The van der Waals surface area contributed by atoms with Gasteiger partial charge in [0.15, 0.2) is 5.76 Å². The van der Waals surface area contributed by atoms with Gasteiger partial charge in [-0.05, 0) is 24.6 Å². The molecule has 6 nitrogen and oxygen atoms in total. The average Bonchev–Trinajstić information content (AvgIpc) is 3.24. The highest BCUT2D eigenvalue weighted by Gasteiger charge is 2.13. The van der Waals surface area contributed by atoms with E-state index in [1.165, 1.54) is 22.9 Å². The molecule has 0 aliphatic heterocycles. The predicted octanol–water partition coefficient (Wildman–Crippen LogP) is 3.28. The van der Waals surface area contributed by atoms with Crippen LogP contribution in [0.5, 0.6) is 0 Å². The van der Waals surface area contributed by atoms with Gasteiger partial charge < -0.3 is 4.42 Å². The average molecular weight is 338 g/mol. The molecule has 0 amide bonds. The summed E-state index contributed by atoms with van der Waals surface area (Å²) in [6.45, 7) is 2.06. The van der Waals surface area contributed by atoms with Crippen LogP contribution in [0, 0.1) is 6.92 Å². The van der Waals surface area contributed by atoms with E-state index < -0.39 is 0 Å². The lowest BCUT2D eigenvalue weighted by molar-refractivity contribution is 0.578. The van der Waals surface area contributed by atoms with Gasteiger partial charge in [-0.1, -0.05) is 41.6 Å². The van der Waals surface area contributed by atoms with E-state index in [-0.39, 0.29) is 5.56 Å². The Morgan fingerprint density at radius 1 is 1.25 bits per heavy atom. The standard InChI is InChI=1S/C17H14N4O2S/c1-11-4-2-5-12(8-11)10-24-17-19-18-16(22)14-9-13(20-21(14)17)15-6-3-7-23-15/h2-9H,10H2,1H3,(H,18,22). The minimum atomic E-state index is -0.278. The van der Waals surface area contributed by atoms with Gasteiger partial charge in [-0.3, -0.25) is 4.79 Å². The molecule has 4 rings (SSSR count). The number of nitrogens with zero attached hydrogens (tertiary/aromatic N) is 3. The molecule has 0 saturated heterocycles. The molecule has 7 heteroatoms. The number of nitrogens with one attached hydrogen (secondary N) is 1. The number of rotatable bonds is 4. The van der Waals surface area contributed by atoms with Crippen molar-refractivity contribution in [3.8, 4) is 11.5 Å². The highest BCUT2D eigenvalue weighted by molar-refractivity contribution is 7.98. The summed E-state index contributed by atoms with van der Waals surface area (Å²) in [4.78, 5) is 12.0. The number of aryl methyl sites for hydroxylation is 1. The van der Waals surface area contributed by atoms with Crippen LogP contribution in [-0.4, -0.2) is 19.8 Å². The van der Waals surface area contributed by atoms with Crippen molar-refractivity contribution in [2.24, 2.45) is 0 Å². The third kappa shape index (κ3) is 2.74. The number of aromatic amines is 1. The molecule has 0 saturated carbocycles. The van der Waals surface area contributed by atoms with Crippen molar-refractivity contribution in [3.05, 3.63) is 70.2 Å². The predicted molar refractivity (Wildman–Crippen MR) is 92.0 cm³/mol. The van der Waals surface area contributed by atoms with Crippen LogP contribution in [0.1, 0.15) is 11.1 Å². The van der Waals surface area contributed by atoms with E-state index in [2.05, 4.69) is 40.4 Å². The number of benzene rings is 1. The van der Waals surface area contributed by atoms with Crippen molar-refractivity contribution >= 4 is 17.3 Å². The summed E-state index contributed by atoms with van der Waals surface area (Å²) in [5.74, 6) is 1.36. The number of furan rings is 1. The Bertz CT molecular complexity index is 1050. The number of hydrogen-bond donors (Lipinski definition) is 1. The highest BCUT2D eigenvalue weighted by Crippen LogP contribution is 2.24. The van der Waals surface area contributed by atoms with Crippen molar-refractivity contribution in [1.29, 1.82) is 0 Å². The molecular formula is C17H14N4O2S. The van der Waals surface area contributed by atoms with Crippen LogP contribution in [0.3, 0.4) is 0 Å². The molecule has 4 aromatic rings. The molecule has 3 aromatic heterocycles. The van der Waals surface area contributed by atoms with Crippen LogP contribution in [0.2, 0.25) is 0 Å². The number of fused-ring (bicyclic) bond motifs is 1. The van der Waals surface area contributed by atoms with E-state index in [1.807, 2.05) is 12.1 Å². The first-order valence-corrected chi connectivity index (χ1v) is 8.40. The molecule has 0 bridgehead atoms. The number of aromatic nitrogens is 4. The fourth-order valence-corrected chi connectivity index (χ4v) is 3.33. The first-order valence-electron chi connectivity index (χ1n) is 7.41. The Kier molecular flexibility index (Phi) is 3.70. The van der Waals surface area contributed by atoms with E-state index in [9.17, 15) is 4.79 Å². The van der Waals surface area contributed by atoms with Gasteiger partial charge in [0.2, 0.25) is 5.16 Å². The molecule has 0 aliphatic carbocycles. The van der Waals surface area contributed by atoms with Gasteiger partial charge in [-0.2, -0.15) is 5.10 Å². The summed E-state index contributed by atoms with van der Waals surface area (Å²) in [5, 5.41) is 11.8. The fourth-order valence-electron chi connectivity index (χ4n) is 2.48. The van der Waals surface area contributed by atoms with Crippen molar-refractivity contribution in [3.63, 3.8) is 0 Å². The van der Waals surface area contributed by atoms with E-state index in [0.717, 1.165) is 5.75 Å². The normalized spacial score (nSPS) is 11.2. The Balaban J connectivity index is 1.70. The van der Waals surface area contributed by atoms with Gasteiger partial charge >= 0.3 is 0 Å². The maximum atomic E-state index is 12.0. The molecule has 1 aromatic carbocycles. The summed E-state index contributed by atoms with van der Waals surface area (Å²) in [7, 11) is 0. The summed E-state index contributed by atoms with van der Waals surface area (Å²) in [5.41, 5.74) is 3.19. The summed E-state index contributed by atoms with van der Waals surface area (Å²) in [6, 6.07) is 13.6. The van der Waals surface area contributed by atoms with Crippen LogP contribution in [0.25, 0.3) is 17.0 Å². The van der Waals surface area contributed by atoms with Gasteiger partial charge in [0.1, 0.15) is 11.2 Å². The second-order valence-electron chi connectivity index (χ2n) is 5.42. The molecule has 24 heavy (non-hydrogen) atoms. The summed E-state index contributed by atoms with van der Waals surface area (Å²) < 4.78 is 6.92. The SMILES string of the molecule is Cc1cccc(CSc2n[nH]c(=O)c3cc(-c4ccco4)nn23)c1. The Labute approximate surface area is 141 Å². The molecule has 1 N–H and O–H groups in total. The Morgan fingerprint density at radius 3 is 2.96 bits per heavy atom. The maximum absolute atomic E-state index is 12.0. The lowest BCUT2D eigenvalue weighted by Crippen LogP contribution is -2.13. The van der Waals surface area contributed by atoms with Crippen LogP contribution in [0.15, 0.2) is 63.1 Å². The number of H-pyrrole nitrogens is 1. The monoisotopic (exact) mass is 338 g/mol. The quantitative estimate of drug-likeness (QED) is 0.578. The van der Waals surface area contributed by atoms with Gasteiger partial charge in [0.05, 0.1) is 6.26 Å². The molecule has 0 unspecified atom stereocenters. The zero-order valence-corrected chi connectivity index (χ0v) is 13.7. The summed E-state index contributed by atoms with van der Waals surface area (Å²) in [6.07, 6.45) is 1.58. The lowest BCUT2D eigenvalue weighted by atomic mass is 10.2. The minimum Gasteiger partial charge on any atom is -0.463 e. The van der Waals surface area contributed by atoms with E-state index in [0.29, 0.717) is 22.1 Å². The van der Waals surface area contributed by atoms with Crippen molar-refractivity contribution in [2.75, 3.05) is 0 Å². The maximum Gasteiger partial charge on any atom is 0.290 e. The second kappa shape index (κ2) is 6.01. The van der Waals surface area contributed by atoms with Crippen molar-refractivity contribution in [2.45, 2.75) is 17.8 Å². The zero-order valence-electron chi connectivity index (χ0n) is 12.9. The zero-order chi connectivity index (χ0) is 16.5. The molecule has 0 aliphatic rings. The second-order valence-corrected chi connectivity index (χ2v) is 6.36. The van der Waals surface area contributed by atoms with Crippen LogP contribution in [-0.2, 0) is 5.75 Å². The largest absolute Gasteiger partial charge is 0.463 e. The first kappa shape index (κ1) is 14.8. The molecule has 120 valence electrons. The third-order valence-electron chi connectivity index (χ3n) is 3.60. The lowest BCUT2D eigenvalue weighted by Gasteiger charge is -2.04. The Hall–Kier alpha value is -2.80. The third-order valence-corrected chi connectivity index (χ3v) is 4.60. The number of hydrogen-bond acceptors (Lipinski definition) is 5. The van der Waals surface area contributed by atoms with Crippen molar-refractivity contribution in [1.82, 2.24) is 19.8 Å². The minimum absolute atomic E-state index is 0.278. The molecule has 0 spiro atoms. The number of thioether (sulfide) groups is 1. The van der Waals surface area contributed by atoms with E-state index >= 15 is 0 Å². The van der Waals surface area contributed by atoms with Gasteiger partial charge in [0, 0.05) is 11.8 Å². The molecular weight excluding hydrogens is 324 g/mol. The smallest absolute Gasteiger partial charge is 0.290 e. The van der Waals surface area contributed by atoms with Gasteiger partial charge in [-0.15, -0.1) is 5.10 Å². The van der Waals surface area contributed by atoms with Crippen LogP contribution >= 0.6 is 11.8 Å². The van der Waals surface area contributed by atoms with Crippen molar-refractivity contribution < 1.29 is 4.42 Å². The molecule has 0 atom stereocenters. The van der Waals surface area contributed by atoms with Gasteiger partial charge in [-0.25, -0.2) is 9.61 Å². The summed E-state index contributed by atoms with van der Waals surface area (Å²) >= 11 is 1.52. The molecule has 0 fully saturated rings. The molecule has 3 heterocycles. The van der Waals surface area contributed by atoms with E-state index in [4.69, 9.17) is 4.42 Å². The Morgan fingerprint density at radius 2 is 2.17 bits per heavy atom. The first-order chi connectivity index (χ1) is 11.7. The topological polar surface area (TPSA) is 76.2 Å². The fraction of sp³-hybridized carbons (Fsp3) is 0.118. The van der Waals surface area contributed by atoms with Crippen LogP contribution in [0.4, 0.5) is 0 Å². The van der Waals surface area contributed by atoms with Gasteiger partial charge in [0.25, 0.3) is 5.56 Å². The van der Waals surface area contributed by atoms with E-state index in [1.54, 1.807) is 22.9 Å². The molecule has 0 radical (unpaired) electrons. The van der Waals surface area contributed by atoms with Crippen LogP contribution < -0.4 is 5.56 Å². The highest BCUT2D eigenvalue weighted by atomic mass is 32.2.